The summed E-state index contributed by atoms with van der Waals surface area (Å²) < 4.78 is 60.3. The molecule has 2 aliphatic rings. The lowest BCUT2D eigenvalue weighted by atomic mass is 9.72. The third-order valence-corrected chi connectivity index (χ3v) is 10.0. The third-order valence-electron chi connectivity index (χ3n) is 7.90. The molecular formula is C29H27BClF2N7O12S. The van der Waals surface area contributed by atoms with Gasteiger partial charge in [0, 0.05) is 18.3 Å². The van der Waals surface area contributed by atoms with Gasteiger partial charge in [-0.15, -0.1) is 0 Å². The van der Waals surface area contributed by atoms with Gasteiger partial charge >= 0.3 is 31.2 Å². The summed E-state index contributed by atoms with van der Waals surface area (Å²) in [7, 11) is -6.43. The number of hydrogen-bond donors (Lipinski definition) is 8. The van der Waals surface area contributed by atoms with Crippen LogP contribution in [0.5, 0.6) is 17.2 Å². The van der Waals surface area contributed by atoms with Gasteiger partial charge in [0.1, 0.15) is 23.2 Å². The SMILES string of the molecule is O=C(NCCS(=O)(=O)N1CCN(C(=O)N[C@@H](C(=O)N[C@H]2Cc3ccc(F)c(C(=O)O)c3OB2O)c2cc(F)c(O)c(O)c2Cl)C1=O)Nc1cccnc1. The van der Waals surface area contributed by atoms with Gasteiger partial charge in [-0.1, -0.05) is 17.7 Å². The number of fused-ring (bicyclic) bond motifs is 1. The van der Waals surface area contributed by atoms with Crippen molar-refractivity contribution in [2.75, 3.05) is 30.7 Å². The van der Waals surface area contributed by atoms with Crippen LogP contribution in [0, 0.1) is 11.6 Å². The van der Waals surface area contributed by atoms with Crippen LogP contribution in [-0.4, -0.2) is 111 Å². The molecule has 5 rings (SSSR count). The first-order chi connectivity index (χ1) is 25.0. The Balaban J connectivity index is 1.31. The van der Waals surface area contributed by atoms with Crippen LogP contribution in [0.25, 0.3) is 0 Å². The zero-order valence-corrected chi connectivity index (χ0v) is 28.3. The number of imide groups is 1. The maximum Gasteiger partial charge on any atom is 0.547 e. The molecule has 3 heterocycles. The van der Waals surface area contributed by atoms with Gasteiger partial charge in [-0.3, -0.25) is 9.78 Å². The molecule has 1 fully saturated rings. The van der Waals surface area contributed by atoms with E-state index in [0.717, 1.165) is 12.1 Å². The molecule has 0 unspecified atom stereocenters. The Morgan fingerprint density at radius 1 is 1.11 bits per heavy atom. The number of rotatable bonds is 10. The van der Waals surface area contributed by atoms with Gasteiger partial charge in [0.2, 0.25) is 15.9 Å². The molecule has 0 bridgehead atoms. The fourth-order valence-electron chi connectivity index (χ4n) is 5.32. The Morgan fingerprint density at radius 2 is 1.85 bits per heavy atom. The summed E-state index contributed by atoms with van der Waals surface area (Å²) in [6, 6.07) is -0.129. The number of urea groups is 3. The Kier molecular flexibility index (Phi) is 11.1. The first-order valence-corrected chi connectivity index (χ1v) is 17.2. The lowest BCUT2D eigenvalue weighted by molar-refractivity contribution is -0.123. The Morgan fingerprint density at radius 3 is 2.53 bits per heavy atom. The predicted molar refractivity (Wildman–Crippen MR) is 177 cm³/mol. The number of phenols is 2. The van der Waals surface area contributed by atoms with E-state index in [2.05, 4.69) is 26.3 Å². The van der Waals surface area contributed by atoms with Crippen LogP contribution in [0.3, 0.4) is 0 Å². The van der Waals surface area contributed by atoms with E-state index in [-0.39, 0.29) is 12.0 Å². The minimum atomic E-state index is -4.43. The van der Waals surface area contributed by atoms with E-state index in [1.54, 1.807) is 6.07 Å². The number of sulfonamides is 1. The number of carbonyl (C=O) groups excluding carboxylic acids is 4. The summed E-state index contributed by atoms with van der Waals surface area (Å²) in [5.74, 6) is -10.9. The van der Waals surface area contributed by atoms with Crippen molar-refractivity contribution in [2.45, 2.75) is 18.4 Å². The van der Waals surface area contributed by atoms with Gasteiger partial charge in [-0.25, -0.2) is 45.6 Å². The number of amides is 7. The number of halogens is 3. The van der Waals surface area contributed by atoms with Crippen molar-refractivity contribution in [3.63, 3.8) is 0 Å². The highest BCUT2D eigenvalue weighted by atomic mass is 35.5. The van der Waals surface area contributed by atoms with E-state index in [0.29, 0.717) is 21.0 Å². The van der Waals surface area contributed by atoms with Crippen molar-refractivity contribution in [3.05, 3.63) is 76.1 Å². The highest BCUT2D eigenvalue weighted by molar-refractivity contribution is 7.89. The standard InChI is InChI=1S/C29H27BClF2N7O12S/c31-20-15(11-17(33)22(41)23(20)42)21(25(43)37-18-10-13-3-4-16(32)19(26(44)45)24(13)52-30(18)49)38-28(47)39-7-8-40(29(39)48)53(50,51)9-6-35-27(46)36-14-2-1-5-34-12-14/h1-5,11-12,18,21,41-42,49H,6-10H2,(H,37,43)(H,38,47)(H,44,45)(H2,35,36,46)/t18-,21+/m0/s1. The summed E-state index contributed by atoms with van der Waals surface area (Å²) in [6.45, 7) is -1.52. The highest BCUT2D eigenvalue weighted by Crippen LogP contribution is 2.41. The van der Waals surface area contributed by atoms with E-state index in [1.807, 2.05) is 0 Å². The average molecular weight is 782 g/mol. The first kappa shape index (κ1) is 38.3. The second-order valence-electron chi connectivity index (χ2n) is 11.3. The largest absolute Gasteiger partial charge is 0.547 e. The molecule has 53 heavy (non-hydrogen) atoms. The minimum Gasteiger partial charge on any atom is -0.534 e. The monoisotopic (exact) mass is 781 g/mol. The molecular weight excluding hydrogens is 755 g/mol. The van der Waals surface area contributed by atoms with Crippen LogP contribution in [-0.2, 0) is 21.2 Å². The summed E-state index contributed by atoms with van der Waals surface area (Å²) in [5, 5.41) is 48.3. The fraction of sp³-hybridized carbons (Fsp3) is 0.241. The van der Waals surface area contributed by atoms with E-state index >= 15 is 0 Å². The van der Waals surface area contributed by atoms with Gasteiger partial charge in [-0.05, 0) is 36.2 Å². The average Bonchev–Trinajstić information content (AvgIpc) is 3.50. The number of carboxylic acids is 1. The number of nitrogens with zero attached hydrogens (tertiary/aromatic N) is 3. The second-order valence-corrected chi connectivity index (χ2v) is 13.7. The van der Waals surface area contributed by atoms with Gasteiger partial charge in [0.25, 0.3) is 0 Å². The number of nitrogens with one attached hydrogen (secondary N) is 4. The summed E-state index contributed by atoms with van der Waals surface area (Å²) >= 11 is 6.10. The molecule has 0 radical (unpaired) electrons. The molecule has 19 nitrogen and oxygen atoms in total. The summed E-state index contributed by atoms with van der Waals surface area (Å²) in [6.07, 6.45) is 2.46. The molecule has 1 saturated heterocycles. The van der Waals surface area contributed by atoms with E-state index < -0.39 is 130 Å². The highest BCUT2D eigenvalue weighted by Gasteiger charge is 2.43. The molecule has 0 saturated carbocycles. The summed E-state index contributed by atoms with van der Waals surface area (Å²) in [5.41, 5.74) is -1.19. The fourth-order valence-corrected chi connectivity index (χ4v) is 6.85. The number of phenolic OH excluding ortho intramolecular Hbond substituents is 2. The number of aromatic carboxylic acids is 1. The number of hydrogen-bond acceptors (Lipinski definition) is 12. The molecule has 2 aliphatic heterocycles. The maximum atomic E-state index is 14.6. The second kappa shape index (κ2) is 15.4. The number of carbonyl (C=O) groups is 5. The first-order valence-electron chi connectivity index (χ1n) is 15.2. The van der Waals surface area contributed by atoms with Crippen LogP contribution in [0.2, 0.25) is 5.02 Å². The van der Waals surface area contributed by atoms with Crippen LogP contribution < -0.4 is 25.9 Å². The van der Waals surface area contributed by atoms with Crippen molar-refractivity contribution in [3.8, 4) is 17.2 Å². The quantitative estimate of drug-likeness (QED) is 0.105. The van der Waals surface area contributed by atoms with E-state index in [4.69, 9.17) is 16.3 Å². The maximum absolute atomic E-state index is 14.6. The van der Waals surface area contributed by atoms with Gasteiger partial charge in [0.15, 0.2) is 17.3 Å². The Bertz CT molecular complexity index is 2100. The zero-order valence-electron chi connectivity index (χ0n) is 26.7. The van der Waals surface area contributed by atoms with Crippen molar-refractivity contribution < 1.29 is 66.2 Å². The van der Waals surface area contributed by atoms with Crippen LogP contribution >= 0.6 is 11.6 Å². The van der Waals surface area contributed by atoms with Crippen LogP contribution in [0.4, 0.5) is 28.9 Å². The minimum absolute atomic E-state index is 0.0413. The lowest BCUT2D eigenvalue weighted by Crippen LogP contribution is -2.56. The molecule has 24 heteroatoms. The molecule has 0 spiro atoms. The number of pyridine rings is 1. The number of aromatic nitrogens is 1. The number of benzene rings is 2. The molecule has 3 aromatic rings. The van der Waals surface area contributed by atoms with Crippen LogP contribution in [0.15, 0.2) is 42.7 Å². The Labute approximate surface area is 302 Å². The molecule has 280 valence electrons. The van der Waals surface area contributed by atoms with E-state index in [9.17, 15) is 61.5 Å². The third kappa shape index (κ3) is 8.10. The normalized spacial score (nSPS) is 16.0. The number of anilines is 1. The number of carboxylic acid groups (broad SMARTS) is 1. The van der Waals surface area contributed by atoms with Crippen molar-refractivity contribution in [1.82, 2.24) is 30.1 Å². The zero-order chi connectivity index (χ0) is 38.8. The van der Waals surface area contributed by atoms with E-state index in [1.165, 1.54) is 18.5 Å². The predicted octanol–water partition coefficient (Wildman–Crippen LogP) is 0.902. The summed E-state index contributed by atoms with van der Waals surface area (Å²) in [4.78, 5) is 68.1. The molecule has 7 amide bonds. The van der Waals surface area contributed by atoms with Crippen LogP contribution in [0.1, 0.15) is 27.5 Å². The smallest absolute Gasteiger partial charge is 0.534 e. The van der Waals surface area contributed by atoms with Crippen molar-refractivity contribution in [1.29, 1.82) is 0 Å². The molecule has 2 aromatic carbocycles. The van der Waals surface area contributed by atoms with Gasteiger partial charge in [-0.2, -0.15) is 0 Å². The van der Waals surface area contributed by atoms with Gasteiger partial charge in [0.05, 0.1) is 41.7 Å². The molecule has 0 aliphatic carbocycles. The molecule has 1 aromatic heterocycles. The van der Waals surface area contributed by atoms with Gasteiger partial charge < -0.3 is 46.3 Å². The molecule has 8 N–H and O–H groups in total. The lowest BCUT2D eigenvalue weighted by Gasteiger charge is -2.31. The number of aromatic hydroxyl groups is 2. The van der Waals surface area contributed by atoms with Crippen molar-refractivity contribution >= 4 is 64.4 Å². The molecule has 2 atom stereocenters. The van der Waals surface area contributed by atoms with Crippen molar-refractivity contribution in [2.24, 2.45) is 0 Å². The Hall–Kier alpha value is -5.94. The topological polar surface area (TPSA) is 277 Å².